The van der Waals surface area contributed by atoms with E-state index >= 15 is 0 Å². The molecule has 0 radical (unpaired) electrons. The Morgan fingerprint density at radius 1 is 0.884 bits per heavy atom. The van der Waals surface area contributed by atoms with Gasteiger partial charge >= 0.3 is 5.97 Å². The third kappa shape index (κ3) is 7.17. The topological polar surface area (TPSA) is 104 Å². The molecule has 218 valence electrons. The summed E-state index contributed by atoms with van der Waals surface area (Å²) in [6.45, 7) is 5.29. The van der Waals surface area contributed by atoms with Crippen LogP contribution in [0, 0.1) is 18.3 Å². The van der Waals surface area contributed by atoms with E-state index in [2.05, 4.69) is 25.1 Å². The van der Waals surface area contributed by atoms with Crippen molar-refractivity contribution in [1.82, 2.24) is 0 Å². The number of hydrogen-bond donors (Lipinski definition) is 1. The standard InChI is InChI=1S/C36H34N2O5/c1-3-4-5-20-40-28-16-12-27(13-17-28)36(39)42-30-18-19-31-33(21-30)43-35(38)32(22-37)34(31)26-10-14-29(15-11-26)41-23-25-8-6-24(2)7-9-25/h6-19,21,34H,3-5,20,23,38H2,1-2H3. The molecule has 0 fully saturated rings. The monoisotopic (exact) mass is 574 g/mol. The number of unbranched alkanes of at least 4 members (excludes halogenated alkanes) is 2. The highest BCUT2D eigenvalue weighted by molar-refractivity contribution is 5.91. The first-order chi connectivity index (χ1) is 20.9. The fourth-order valence-electron chi connectivity index (χ4n) is 4.84. The highest BCUT2D eigenvalue weighted by atomic mass is 16.5. The summed E-state index contributed by atoms with van der Waals surface area (Å²) in [6.07, 6.45) is 3.24. The number of rotatable bonds is 11. The van der Waals surface area contributed by atoms with Crippen molar-refractivity contribution in [2.24, 2.45) is 5.73 Å². The van der Waals surface area contributed by atoms with E-state index in [4.69, 9.17) is 24.7 Å². The molecule has 0 aliphatic carbocycles. The van der Waals surface area contributed by atoms with Gasteiger partial charge < -0.3 is 24.7 Å². The molecule has 2 N–H and O–H groups in total. The van der Waals surface area contributed by atoms with E-state index in [0.717, 1.165) is 36.0 Å². The van der Waals surface area contributed by atoms with Gasteiger partial charge in [0.25, 0.3) is 0 Å². The van der Waals surface area contributed by atoms with Crippen LogP contribution in [0.25, 0.3) is 0 Å². The maximum atomic E-state index is 12.8. The number of nitrogens with zero attached hydrogens (tertiary/aromatic N) is 1. The smallest absolute Gasteiger partial charge is 0.343 e. The van der Waals surface area contributed by atoms with Gasteiger partial charge in [0, 0.05) is 11.6 Å². The highest BCUT2D eigenvalue weighted by Gasteiger charge is 2.31. The van der Waals surface area contributed by atoms with Crippen LogP contribution in [-0.2, 0) is 6.61 Å². The molecule has 4 aromatic carbocycles. The molecule has 0 saturated carbocycles. The van der Waals surface area contributed by atoms with Crippen LogP contribution in [0.1, 0.15) is 64.7 Å². The molecular formula is C36H34N2O5. The summed E-state index contributed by atoms with van der Waals surface area (Å²) in [5, 5.41) is 9.92. The Hall–Kier alpha value is -5.22. The van der Waals surface area contributed by atoms with E-state index < -0.39 is 11.9 Å². The lowest BCUT2D eigenvalue weighted by Crippen LogP contribution is -2.21. The number of aryl methyl sites for hydroxylation is 1. The third-order valence-electron chi connectivity index (χ3n) is 7.25. The van der Waals surface area contributed by atoms with Gasteiger partial charge in [-0.1, -0.05) is 67.8 Å². The zero-order valence-electron chi connectivity index (χ0n) is 24.3. The predicted molar refractivity (Wildman–Crippen MR) is 164 cm³/mol. The van der Waals surface area contributed by atoms with E-state index in [1.165, 1.54) is 5.56 Å². The molecule has 0 saturated heterocycles. The lowest BCUT2D eigenvalue weighted by Gasteiger charge is -2.26. The van der Waals surface area contributed by atoms with Crippen LogP contribution in [0.3, 0.4) is 0 Å². The zero-order valence-corrected chi connectivity index (χ0v) is 24.3. The molecule has 43 heavy (non-hydrogen) atoms. The summed E-state index contributed by atoms with van der Waals surface area (Å²) in [5.74, 6) is 1.20. The Bertz CT molecular complexity index is 1640. The summed E-state index contributed by atoms with van der Waals surface area (Å²) >= 11 is 0. The van der Waals surface area contributed by atoms with Gasteiger partial charge in [0.1, 0.15) is 41.2 Å². The number of carbonyl (C=O) groups is 1. The molecule has 0 aromatic heterocycles. The fraction of sp³-hybridized carbons (Fsp3) is 0.222. The van der Waals surface area contributed by atoms with Gasteiger partial charge in [0.15, 0.2) is 0 Å². The van der Waals surface area contributed by atoms with Crippen molar-refractivity contribution in [2.45, 2.75) is 45.6 Å². The SMILES string of the molecule is CCCCCOc1ccc(C(=O)Oc2ccc3c(c2)OC(N)=C(C#N)C3c2ccc(OCc3ccc(C)cc3)cc2)cc1. The molecule has 0 spiro atoms. The largest absolute Gasteiger partial charge is 0.494 e. The number of carbonyl (C=O) groups excluding carboxylic acids is 1. The molecule has 1 unspecified atom stereocenters. The normalized spacial score (nSPS) is 13.8. The van der Waals surface area contributed by atoms with E-state index in [0.29, 0.717) is 47.3 Å². The van der Waals surface area contributed by atoms with Gasteiger partial charge in [0.05, 0.1) is 18.1 Å². The molecule has 5 rings (SSSR count). The van der Waals surface area contributed by atoms with Crippen LogP contribution in [0.5, 0.6) is 23.0 Å². The number of fused-ring (bicyclic) bond motifs is 1. The predicted octanol–water partition coefficient (Wildman–Crippen LogP) is 7.58. The van der Waals surface area contributed by atoms with E-state index in [1.54, 1.807) is 42.5 Å². The molecule has 1 heterocycles. The van der Waals surface area contributed by atoms with Crippen molar-refractivity contribution < 1.29 is 23.7 Å². The minimum absolute atomic E-state index is 0.0118. The van der Waals surface area contributed by atoms with Crippen LogP contribution in [-0.4, -0.2) is 12.6 Å². The maximum Gasteiger partial charge on any atom is 0.343 e. The summed E-state index contributed by atoms with van der Waals surface area (Å²) in [5.41, 5.74) is 10.8. The van der Waals surface area contributed by atoms with Crippen LogP contribution in [0.2, 0.25) is 0 Å². The van der Waals surface area contributed by atoms with Gasteiger partial charge in [-0.05, 0) is 66.9 Å². The van der Waals surface area contributed by atoms with Gasteiger partial charge in [-0.2, -0.15) is 5.26 Å². The van der Waals surface area contributed by atoms with Crippen LogP contribution in [0.15, 0.2) is 102 Å². The summed E-state index contributed by atoms with van der Waals surface area (Å²) in [7, 11) is 0. The van der Waals surface area contributed by atoms with Crippen molar-refractivity contribution in [2.75, 3.05) is 6.61 Å². The lowest BCUT2D eigenvalue weighted by atomic mass is 9.83. The van der Waals surface area contributed by atoms with Crippen LogP contribution >= 0.6 is 0 Å². The van der Waals surface area contributed by atoms with Crippen molar-refractivity contribution in [1.29, 1.82) is 5.26 Å². The average molecular weight is 575 g/mol. The van der Waals surface area contributed by atoms with Crippen molar-refractivity contribution in [3.05, 3.63) is 130 Å². The van der Waals surface area contributed by atoms with Gasteiger partial charge in [-0.3, -0.25) is 0 Å². The van der Waals surface area contributed by atoms with Crippen LogP contribution < -0.4 is 24.7 Å². The Morgan fingerprint density at radius 2 is 1.56 bits per heavy atom. The molecule has 4 aromatic rings. The molecule has 1 aliphatic rings. The molecule has 0 amide bonds. The Morgan fingerprint density at radius 3 is 2.26 bits per heavy atom. The molecule has 0 bridgehead atoms. The van der Waals surface area contributed by atoms with Gasteiger partial charge in [-0.15, -0.1) is 0 Å². The van der Waals surface area contributed by atoms with E-state index in [9.17, 15) is 10.1 Å². The molecule has 1 atom stereocenters. The quantitative estimate of drug-likeness (QED) is 0.112. The number of allylic oxidation sites excluding steroid dienone is 1. The Kier molecular flexibility index (Phi) is 9.28. The number of esters is 1. The van der Waals surface area contributed by atoms with Crippen molar-refractivity contribution >= 4 is 5.97 Å². The minimum atomic E-state index is -0.507. The zero-order chi connectivity index (χ0) is 30.2. The van der Waals surface area contributed by atoms with Crippen molar-refractivity contribution in [3.63, 3.8) is 0 Å². The first kappa shape index (κ1) is 29.3. The van der Waals surface area contributed by atoms with E-state index in [1.807, 2.05) is 43.3 Å². The second kappa shape index (κ2) is 13.6. The summed E-state index contributed by atoms with van der Waals surface area (Å²) in [4.78, 5) is 12.8. The third-order valence-corrected chi connectivity index (χ3v) is 7.25. The summed E-state index contributed by atoms with van der Waals surface area (Å²) < 4.78 is 23.1. The maximum absolute atomic E-state index is 12.8. The first-order valence-electron chi connectivity index (χ1n) is 14.4. The summed E-state index contributed by atoms with van der Waals surface area (Å²) in [6, 6.07) is 30.0. The molecular weight excluding hydrogens is 540 g/mol. The van der Waals surface area contributed by atoms with Crippen LogP contribution in [0.4, 0.5) is 0 Å². The van der Waals surface area contributed by atoms with E-state index in [-0.39, 0.29) is 5.88 Å². The molecule has 7 nitrogen and oxygen atoms in total. The minimum Gasteiger partial charge on any atom is -0.494 e. The lowest BCUT2D eigenvalue weighted by molar-refractivity contribution is 0.0734. The Labute approximate surface area is 252 Å². The Balaban J connectivity index is 1.28. The average Bonchev–Trinajstić information content (AvgIpc) is 3.02. The fourth-order valence-corrected chi connectivity index (χ4v) is 4.84. The number of benzene rings is 4. The number of hydrogen-bond acceptors (Lipinski definition) is 7. The van der Waals surface area contributed by atoms with Gasteiger partial charge in [-0.25, -0.2) is 4.79 Å². The molecule has 7 heteroatoms. The second-order valence-electron chi connectivity index (χ2n) is 10.4. The van der Waals surface area contributed by atoms with Crippen molar-refractivity contribution in [3.8, 4) is 29.1 Å². The number of nitrogens with two attached hydrogens (primary N) is 1. The first-order valence-corrected chi connectivity index (χ1v) is 14.4. The number of nitriles is 1. The second-order valence-corrected chi connectivity index (χ2v) is 10.4. The van der Waals surface area contributed by atoms with Gasteiger partial charge in [0.2, 0.25) is 5.88 Å². The number of ether oxygens (including phenoxy) is 4. The molecule has 1 aliphatic heterocycles. The highest BCUT2D eigenvalue weighted by Crippen LogP contribution is 2.43.